The van der Waals surface area contributed by atoms with Gasteiger partial charge in [-0.05, 0) is 45.7 Å². The lowest BCUT2D eigenvalue weighted by Gasteiger charge is -2.32. The lowest BCUT2D eigenvalue weighted by molar-refractivity contribution is 0.0669. The normalized spacial score (nSPS) is 15.1. The molecule has 1 aliphatic heterocycles. The summed E-state index contributed by atoms with van der Waals surface area (Å²) >= 11 is 0. The van der Waals surface area contributed by atoms with Gasteiger partial charge in [0.15, 0.2) is 17.1 Å². The van der Waals surface area contributed by atoms with Crippen molar-refractivity contribution in [1.29, 1.82) is 0 Å². The van der Waals surface area contributed by atoms with Crippen molar-refractivity contribution in [2.45, 2.75) is 45.7 Å². The molecule has 0 aliphatic carbocycles. The van der Waals surface area contributed by atoms with Gasteiger partial charge in [0.1, 0.15) is 17.0 Å². The lowest BCUT2D eigenvalue weighted by atomic mass is 10.2. The van der Waals surface area contributed by atoms with Gasteiger partial charge in [-0.25, -0.2) is 13.9 Å². The van der Waals surface area contributed by atoms with Crippen molar-refractivity contribution in [3.63, 3.8) is 0 Å². The van der Waals surface area contributed by atoms with Crippen molar-refractivity contribution < 1.29 is 28.6 Å². The molecule has 204 valence electrons. The number of methoxy groups -OCH3 is 1. The zero-order valence-corrected chi connectivity index (χ0v) is 21.7. The number of aromatic carboxylic acids is 1. The fraction of sp³-hybridized carbons (Fsp3) is 0.462. The second-order valence-electron chi connectivity index (χ2n) is 9.23. The van der Waals surface area contributed by atoms with E-state index in [1.54, 1.807) is 9.47 Å². The number of carboxylic acid groups (broad SMARTS) is 1. The number of rotatable bonds is 11. The molecule has 0 spiro atoms. The highest BCUT2D eigenvalue weighted by molar-refractivity contribution is 6.09. The predicted octanol–water partition coefficient (Wildman–Crippen LogP) is 2.64. The van der Waals surface area contributed by atoms with Crippen LogP contribution in [-0.2, 0) is 6.54 Å². The number of carbonyl (C=O) groups excluding carboxylic acids is 1. The average Bonchev–Trinajstić information content (AvgIpc) is 3.25. The van der Waals surface area contributed by atoms with Crippen LogP contribution in [0.15, 0.2) is 23.0 Å². The summed E-state index contributed by atoms with van der Waals surface area (Å²) in [5, 5.41) is 14.2. The standard InChI is InChI=1S/C26H32FN5O6/c1-4-30-13-15(2)32-21-19(23(37-3)22(32)25(30)34)24(33)31(29-20(21)26(35)36)14-16-8-9-17(27)12-18(16)38-11-7-5-6-10-28/h8-9,12,15H,4-7,10-11,13-14,28H2,1-3H3,(H,35,36)/t15-/m0/s1. The number of nitrogens with zero attached hydrogens (tertiary/aromatic N) is 4. The fourth-order valence-corrected chi connectivity index (χ4v) is 4.90. The number of hydrogen-bond acceptors (Lipinski definition) is 7. The van der Waals surface area contributed by atoms with Gasteiger partial charge in [0.2, 0.25) is 0 Å². The zero-order chi connectivity index (χ0) is 27.6. The Morgan fingerprint density at radius 2 is 2.03 bits per heavy atom. The second kappa shape index (κ2) is 11.2. The van der Waals surface area contributed by atoms with Crippen molar-refractivity contribution in [1.82, 2.24) is 19.2 Å². The van der Waals surface area contributed by atoms with Crippen molar-refractivity contribution in [3.8, 4) is 11.5 Å². The number of nitrogens with two attached hydrogens (primary N) is 1. The maximum absolute atomic E-state index is 14.0. The van der Waals surface area contributed by atoms with Crippen molar-refractivity contribution in [2.75, 3.05) is 33.4 Å². The van der Waals surface area contributed by atoms with Crippen LogP contribution in [0.1, 0.15) is 65.7 Å². The van der Waals surface area contributed by atoms with Crippen LogP contribution >= 0.6 is 0 Å². The first kappa shape index (κ1) is 27.1. The fourth-order valence-electron chi connectivity index (χ4n) is 4.90. The molecule has 4 rings (SSSR count). The van der Waals surface area contributed by atoms with E-state index >= 15 is 0 Å². The maximum Gasteiger partial charge on any atom is 0.358 e. The molecule has 1 aromatic carbocycles. The summed E-state index contributed by atoms with van der Waals surface area (Å²) < 4.78 is 27.9. The van der Waals surface area contributed by atoms with Crippen LogP contribution in [0.5, 0.6) is 11.5 Å². The minimum atomic E-state index is -1.36. The Labute approximate surface area is 218 Å². The smallest absolute Gasteiger partial charge is 0.358 e. The van der Waals surface area contributed by atoms with Crippen LogP contribution in [0.3, 0.4) is 0 Å². The van der Waals surface area contributed by atoms with E-state index in [1.807, 2.05) is 13.8 Å². The number of unbranched alkanes of at least 4 members (excludes halogenated alkanes) is 2. The van der Waals surface area contributed by atoms with Gasteiger partial charge >= 0.3 is 5.97 Å². The molecule has 2 aromatic heterocycles. The highest BCUT2D eigenvalue weighted by Gasteiger charge is 2.38. The number of benzene rings is 1. The molecule has 11 nitrogen and oxygen atoms in total. The van der Waals surface area contributed by atoms with Gasteiger partial charge < -0.3 is 29.8 Å². The highest BCUT2D eigenvalue weighted by Crippen LogP contribution is 2.38. The molecule has 0 radical (unpaired) electrons. The summed E-state index contributed by atoms with van der Waals surface area (Å²) in [5.74, 6) is -1.99. The average molecular weight is 530 g/mol. The third-order valence-electron chi connectivity index (χ3n) is 6.71. The molecule has 1 aliphatic rings. The Morgan fingerprint density at radius 1 is 1.26 bits per heavy atom. The first-order chi connectivity index (χ1) is 18.2. The largest absolute Gasteiger partial charge is 0.493 e. The number of likely N-dealkylation sites (N-methyl/N-ethyl adjacent to an activating group) is 1. The highest BCUT2D eigenvalue weighted by atomic mass is 19.1. The van der Waals surface area contributed by atoms with Gasteiger partial charge in [-0.15, -0.1) is 0 Å². The number of amides is 1. The first-order valence-electron chi connectivity index (χ1n) is 12.6. The molecule has 12 heteroatoms. The summed E-state index contributed by atoms with van der Waals surface area (Å²) in [6, 6.07) is 3.60. The summed E-state index contributed by atoms with van der Waals surface area (Å²) in [6.07, 6.45) is 2.42. The number of halogens is 1. The molecule has 0 saturated carbocycles. The van der Waals surface area contributed by atoms with E-state index in [0.717, 1.165) is 23.9 Å². The Hall–Kier alpha value is -3.93. The van der Waals surface area contributed by atoms with Crippen LogP contribution in [0.25, 0.3) is 10.9 Å². The number of carboxylic acids is 1. The topological polar surface area (TPSA) is 142 Å². The Bertz CT molecular complexity index is 1430. The molecular weight excluding hydrogens is 497 g/mol. The van der Waals surface area contributed by atoms with Crippen LogP contribution < -0.4 is 20.8 Å². The number of aromatic nitrogens is 3. The van der Waals surface area contributed by atoms with Gasteiger partial charge in [0.05, 0.1) is 25.8 Å². The number of hydrogen-bond donors (Lipinski definition) is 2. The molecule has 1 atom stereocenters. The monoisotopic (exact) mass is 529 g/mol. The number of fused-ring (bicyclic) bond motifs is 3. The molecule has 0 unspecified atom stereocenters. The molecule has 0 saturated heterocycles. The molecule has 38 heavy (non-hydrogen) atoms. The number of ether oxygens (including phenoxy) is 2. The molecular formula is C26H32FN5O6. The van der Waals surface area contributed by atoms with E-state index in [2.05, 4.69) is 5.10 Å². The summed E-state index contributed by atoms with van der Waals surface area (Å²) in [7, 11) is 1.33. The molecule has 3 aromatic rings. The van der Waals surface area contributed by atoms with E-state index < -0.39 is 17.3 Å². The SMILES string of the molecule is CCN1C[C@H](C)n2c(c(OC)c3c(=O)n(Cc4ccc(F)cc4OCCCCCN)nc(C(=O)O)c32)C1=O. The van der Waals surface area contributed by atoms with Crippen molar-refractivity contribution in [3.05, 3.63) is 51.3 Å². The third-order valence-corrected chi connectivity index (χ3v) is 6.71. The van der Waals surface area contributed by atoms with E-state index in [9.17, 15) is 23.9 Å². The quantitative estimate of drug-likeness (QED) is 0.361. The summed E-state index contributed by atoms with van der Waals surface area (Å²) in [4.78, 5) is 41.0. The van der Waals surface area contributed by atoms with E-state index in [1.165, 1.54) is 25.3 Å². The van der Waals surface area contributed by atoms with Crippen molar-refractivity contribution in [2.24, 2.45) is 5.73 Å². The minimum Gasteiger partial charge on any atom is -0.493 e. The van der Waals surface area contributed by atoms with Gasteiger partial charge in [-0.2, -0.15) is 5.10 Å². The van der Waals surface area contributed by atoms with Crippen LogP contribution in [0, 0.1) is 5.82 Å². The third kappa shape index (κ3) is 4.83. The maximum atomic E-state index is 14.0. The lowest BCUT2D eigenvalue weighted by Crippen LogP contribution is -2.42. The molecule has 0 bridgehead atoms. The predicted molar refractivity (Wildman–Crippen MR) is 138 cm³/mol. The molecule has 1 amide bonds. The van der Waals surface area contributed by atoms with Crippen LogP contribution in [0.2, 0.25) is 0 Å². The number of carbonyl (C=O) groups is 2. The van der Waals surface area contributed by atoms with Crippen LogP contribution in [-0.4, -0.2) is 69.6 Å². The van der Waals surface area contributed by atoms with Crippen LogP contribution in [0.4, 0.5) is 4.39 Å². The van der Waals surface area contributed by atoms with Crippen molar-refractivity contribution >= 4 is 22.8 Å². The zero-order valence-electron chi connectivity index (χ0n) is 21.7. The van der Waals surface area contributed by atoms with E-state index in [0.29, 0.717) is 31.8 Å². The Balaban J connectivity index is 1.85. The van der Waals surface area contributed by atoms with Gasteiger partial charge in [-0.1, -0.05) is 6.07 Å². The Morgan fingerprint density at radius 3 is 2.68 bits per heavy atom. The van der Waals surface area contributed by atoms with Gasteiger partial charge in [0.25, 0.3) is 11.5 Å². The summed E-state index contributed by atoms with van der Waals surface area (Å²) in [6.45, 7) is 5.19. The molecule has 0 fully saturated rings. The second-order valence-corrected chi connectivity index (χ2v) is 9.23. The molecule has 3 heterocycles. The van der Waals surface area contributed by atoms with Gasteiger partial charge in [-0.3, -0.25) is 9.59 Å². The van der Waals surface area contributed by atoms with E-state index in [-0.39, 0.29) is 52.3 Å². The van der Waals surface area contributed by atoms with Gasteiger partial charge in [0, 0.05) is 30.8 Å². The molecule has 3 N–H and O–H groups in total. The summed E-state index contributed by atoms with van der Waals surface area (Å²) in [5.41, 5.74) is 5.09. The minimum absolute atomic E-state index is 0.00846. The first-order valence-corrected chi connectivity index (χ1v) is 12.6. The van der Waals surface area contributed by atoms with E-state index in [4.69, 9.17) is 15.2 Å². The Kier molecular flexibility index (Phi) is 8.00.